The van der Waals surface area contributed by atoms with Gasteiger partial charge >= 0.3 is 0 Å². The molecule has 0 aromatic heterocycles. The molecule has 0 aliphatic carbocycles. The molecule has 0 fully saturated rings. The summed E-state index contributed by atoms with van der Waals surface area (Å²) >= 11 is 5.79. The number of nitrogens with two attached hydrogens (primary N) is 1. The first-order valence-corrected chi connectivity index (χ1v) is 6.12. The van der Waals surface area contributed by atoms with Gasteiger partial charge in [0.15, 0.2) is 0 Å². The minimum Gasteiger partial charge on any atom is -0.324 e. The Balaban J connectivity index is 2.18. The van der Waals surface area contributed by atoms with E-state index < -0.39 is 0 Å². The van der Waals surface area contributed by atoms with Gasteiger partial charge in [-0.05, 0) is 55.0 Å². The number of hydrogen-bond acceptors (Lipinski definition) is 3. The molecule has 0 radical (unpaired) electrons. The Bertz CT molecular complexity index is 596. The van der Waals surface area contributed by atoms with Crippen LogP contribution in [0.15, 0.2) is 42.5 Å². The molecule has 19 heavy (non-hydrogen) atoms. The number of benzene rings is 2. The highest BCUT2D eigenvalue weighted by Crippen LogP contribution is 2.18. The number of amides is 1. The van der Waals surface area contributed by atoms with E-state index in [1.54, 1.807) is 36.4 Å². The number of rotatable bonds is 3. The number of anilines is 2. The monoisotopic (exact) mass is 275 g/mol. The summed E-state index contributed by atoms with van der Waals surface area (Å²) in [6.45, 7) is 1.86. The molecule has 1 amide bonds. The maximum Gasteiger partial charge on any atom is 0.255 e. The average molecular weight is 276 g/mol. The quantitative estimate of drug-likeness (QED) is 0.595. The molecule has 0 heterocycles. The van der Waals surface area contributed by atoms with Crippen LogP contribution in [0.25, 0.3) is 0 Å². The number of carbonyl (C=O) groups is 1. The van der Waals surface area contributed by atoms with Crippen molar-refractivity contribution in [3.05, 3.63) is 58.6 Å². The lowest BCUT2D eigenvalue weighted by atomic mass is 10.1. The molecule has 2 aromatic rings. The van der Waals surface area contributed by atoms with Crippen LogP contribution in [0.4, 0.5) is 11.4 Å². The standard InChI is InChI=1S/C14H14ClN3O/c1-9-8-12(18-16)6-7-13(9)14(19)17-11-4-2-10(15)3-5-11/h2-8,18H,16H2,1H3,(H,17,19). The maximum absolute atomic E-state index is 12.1. The maximum atomic E-state index is 12.1. The van der Waals surface area contributed by atoms with Crippen molar-refractivity contribution in [1.29, 1.82) is 0 Å². The van der Waals surface area contributed by atoms with Crippen LogP contribution in [-0.4, -0.2) is 5.91 Å². The molecular formula is C14H14ClN3O. The van der Waals surface area contributed by atoms with Gasteiger partial charge in [0.05, 0.1) is 0 Å². The Labute approximate surface area is 116 Å². The molecule has 0 aliphatic rings. The highest BCUT2D eigenvalue weighted by atomic mass is 35.5. The average Bonchev–Trinajstić information content (AvgIpc) is 2.41. The van der Waals surface area contributed by atoms with E-state index in [4.69, 9.17) is 17.4 Å². The van der Waals surface area contributed by atoms with Crippen LogP contribution >= 0.6 is 11.6 Å². The molecule has 0 bridgehead atoms. The Morgan fingerprint density at radius 1 is 1.11 bits per heavy atom. The molecule has 2 aromatic carbocycles. The normalized spacial score (nSPS) is 10.1. The molecule has 0 saturated heterocycles. The van der Waals surface area contributed by atoms with Gasteiger partial charge in [-0.3, -0.25) is 10.6 Å². The van der Waals surface area contributed by atoms with E-state index >= 15 is 0 Å². The zero-order chi connectivity index (χ0) is 13.8. The first-order chi connectivity index (χ1) is 9.10. The highest BCUT2D eigenvalue weighted by molar-refractivity contribution is 6.30. The molecule has 0 saturated carbocycles. The Hall–Kier alpha value is -2.04. The first kappa shape index (κ1) is 13.4. The summed E-state index contributed by atoms with van der Waals surface area (Å²) in [5.74, 6) is 5.16. The summed E-state index contributed by atoms with van der Waals surface area (Å²) in [4.78, 5) is 12.1. The second-order valence-corrected chi connectivity index (χ2v) is 4.57. The molecule has 4 N–H and O–H groups in total. The van der Waals surface area contributed by atoms with Crippen molar-refractivity contribution in [2.24, 2.45) is 5.84 Å². The van der Waals surface area contributed by atoms with Crippen molar-refractivity contribution in [2.45, 2.75) is 6.92 Å². The lowest BCUT2D eigenvalue weighted by Crippen LogP contribution is -2.14. The van der Waals surface area contributed by atoms with Gasteiger partial charge in [0, 0.05) is 22.0 Å². The van der Waals surface area contributed by atoms with Crippen LogP contribution in [0.5, 0.6) is 0 Å². The second kappa shape index (κ2) is 5.73. The van der Waals surface area contributed by atoms with Crippen molar-refractivity contribution in [1.82, 2.24) is 0 Å². The lowest BCUT2D eigenvalue weighted by molar-refractivity contribution is 0.102. The largest absolute Gasteiger partial charge is 0.324 e. The number of halogens is 1. The van der Waals surface area contributed by atoms with Crippen LogP contribution in [-0.2, 0) is 0 Å². The summed E-state index contributed by atoms with van der Waals surface area (Å²) < 4.78 is 0. The number of nitrogen functional groups attached to an aromatic ring is 1. The SMILES string of the molecule is Cc1cc(NN)ccc1C(=O)Nc1ccc(Cl)cc1. The molecule has 2 rings (SSSR count). The first-order valence-electron chi connectivity index (χ1n) is 5.74. The third kappa shape index (κ3) is 3.24. The van der Waals surface area contributed by atoms with E-state index in [1.807, 2.05) is 13.0 Å². The van der Waals surface area contributed by atoms with E-state index in [9.17, 15) is 4.79 Å². The predicted molar refractivity (Wildman–Crippen MR) is 78.4 cm³/mol. The molecular weight excluding hydrogens is 262 g/mol. The summed E-state index contributed by atoms with van der Waals surface area (Å²) in [7, 11) is 0. The van der Waals surface area contributed by atoms with Gasteiger partial charge in [0.1, 0.15) is 0 Å². The number of aryl methyl sites for hydroxylation is 1. The Morgan fingerprint density at radius 2 is 1.74 bits per heavy atom. The smallest absolute Gasteiger partial charge is 0.255 e. The van der Waals surface area contributed by atoms with Crippen molar-refractivity contribution in [2.75, 3.05) is 10.7 Å². The van der Waals surface area contributed by atoms with Gasteiger partial charge < -0.3 is 10.7 Å². The van der Waals surface area contributed by atoms with Gasteiger partial charge in [0.25, 0.3) is 5.91 Å². The number of nitrogens with one attached hydrogen (secondary N) is 2. The molecule has 4 nitrogen and oxygen atoms in total. The van der Waals surface area contributed by atoms with E-state index in [0.29, 0.717) is 16.3 Å². The van der Waals surface area contributed by atoms with E-state index in [2.05, 4.69) is 10.7 Å². The third-order valence-electron chi connectivity index (χ3n) is 2.74. The van der Waals surface area contributed by atoms with E-state index in [-0.39, 0.29) is 5.91 Å². The van der Waals surface area contributed by atoms with Gasteiger partial charge in [-0.25, -0.2) is 0 Å². The fraction of sp³-hybridized carbons (Fsp3) is 0.0714. The van der Waals surface area contributed by atoms with Crippen LogP contribution in [0, 0.1) is 6.92 Å². The minimum absolute atomic E-state index is 0.164. The van der Waals surface area contributed by atoms with Gasteiger partial charge in [-0.1, -0.05) is 11.6 Å². The number of carbonyl (C=O) groups excluding carboxylic acids is 1. The van der Waals surface area contributed by atoms with Crippen molar-refractivity contribution in [3.63, 3.8) is 0 Å². The van der Waals surface area contributed by atoms with Crippen LogP contribution < -0.4 is 16.6 Å². The summed E-state index contributed by atoms with van der Waals surface area (Å²) in [5, 5.41) is 3.45. The summed E-state index contributed by atoms with van der Waals surface area (Å²) in [6, 6.07) is 12.3. The minimum atomic E-state index is -0.164. The lowest BCUT2D eigenvalue weighted by Gasteiger charge is -2.09. The Kier molecular flexibility index (Phi) is 4.04. The van der Waals surface area contributed by atoms with Crippen LogP contribution in [0.3, 0.4) is 0 Å². The molecule has 98 valence electrons. The number of hydrazine groups is 1. The van der Waals surface area contributed by atoms with Crippen LogP contribution in [0.2, 0.25) is 5.02 Å². The fourth-order valence-corrected chi connectivity index (χ4v) is 1.87. The van der Waals surface area contributed by atoms with E-state index in [1.165, 1.54) is 0 Å². The van der Waals surface area contributed by atoms with E-state index in [0.717, 1.165) is 11.3 Å². The highest BCUT2D eigenvalue weighted by Gasteiger charge is 2.09. The van der Waals surface area contributed by atoms with Crippen LogP contribution in [0.1, 0.15) is 15.9 Å². The zero-order valence-electron chi connectivity index (χ0n) is 10.4. The predicted octanol–water partition coefficient (Wildman–Crippen LogP) is 3.19. The number of hydrogen-bond donors (Lipinski definition) is 3. The molecule has 0 atom stereocenters. The fourth-order valence-electron chi connectivity index (χ4n) is 1.74. The molecule has 0 aliphatic heterocycles. The summed E-state index contributed by atoms with van der Waals surface area (Å²) in [6.07, 6.45) is 0. The third-order valence-corrected chi connectivity index (χ3v) is 2.99. The Morgan fingerprint density at radius 3 is 2.32 bits per heavy atom. The second-order valence-electron chi connectivity index (χ2n) is 4.14. The van der Waals surface area contributed by atoms with Gasteiger partial charge in [-0.15, -0.1) is 0 Å². The molecule has 0 spiro atoms. The molecule has 5 heteroatoms. The van der Waals surface area contributed by atoms with Crippen molar-refractivity contribution < 1.29 is 4.79 Å². The van der Waals surface area contributed by atoms with Crippen molar-refractivity contribution in [3.8, 4) is 0 Å². The topological polar surface area (TPSA) is 67.1 Å². The zero-order valence-corrected chi connectivity index (χ0v) is 11.2. The summed E-state index contributed by atoms with van der Waals surface area (Å²) in [5.41, 5.74) is 5.47. The van der Waals surface area contributed by atoms with Gasteiger partial charge in [-0.2, -0.15) is 0 Å². The molecule has 0 unspecified atom stereocenters. The van der Waals surface area contributed by atoms with Gasteiger partial charge in [0.2, 0.25) is 0 Å². The van der Waals surface area contributed by atoms with Crippen molar-refractivity contribution >= 4 is 28.9 Å².